The van der Waals surface area contributed by atoms with E-state index in [1.807, 2.05) is 0 Å². The van der Waals surface area contributed by atoms with Gasteiger partial charge in [0.2, 0.25) is 0 Å². The lowest BCUT2D eigenvalue weighted by atomic mass is 10.1. The number of methoxy groups -OCH3 is 2. The molecule has 1 aromatic carbocycles. The van der Waals surface area contributed by atoms with Gasteiger partial charge in [-0.05, 0) is 49.4 Å². The quantitative estimate of drug-likeness (QED) is 0.430. The lowest BCUT2D eigenvalue weighted by Gasteiger charge is -2.19. The molecule has 0 aromatic heterocycles. The first kappa shape index (κ1) is 23.6. The summed E-state index contributed by atoms with van der Waals surface area (Å²) in [6.07, 6.45) is 1.45. The van der Waals surface area contributed by atoms with Crippen LogP contribution >= 0.6 is 23.4 Å². The molecule has 30 heavy (non-hydrogen) atoms. The van der Waals surface area contributed by atoms with Crippen molar-refractivity contribution in [3.63, 3.8) is 0 Å². The molecule has 162 valence electrons. The number of hydrogen-bond donors (Lipinski definition) is 0. The first-order chi connectivity index (χ1) is 14.2. The molecule has 1 aliphatic rings. The minimum absolute atomic E-state index is 0.109. The van der Waals surface area contributed by atoms with Crippen LogP contribution in [0.2, 0.25) is 5.02 Å². The van der Waals surface area contributed by atoms with E-state index in [4.69, 9.17) is 25.8 Å². The minimum atomic E-state index is -1.05. The van der Waals surface area contributed by atoms with Gasteiger partial charge in [-0.2, -0.15) is 0 Å². The number of rotatable bonds is 8. The Balaban J connectivity index is 2.29. The van der Waals surface area contributed by atoms with Crippen molar-refractivity contribution in [1.29, 1.82) is 0 Å². The fraction of sp³-hybridized carbons (Fsp3) is 0.368. The first-order valence-corrected chi connectivity index (χ1v) is 9.93. The van der Waals surface area contributed by atoms with Crippen LogP contribution in [-0.2, 0) is 23.9 Å². The number of hydrogen-bond acceptors (Lipinski definition) is 9. The number of ether oxygens (including phenoxy) is 4. The van der Waals surface area contributed by atoms with Crippen LogP contribution in [0.1, 0.15) is 19.4 Å². The molecule has 1 fully saturated rings. The van der Waals surface area contributed by atoms with E-state index in [1.54, 1.807) is 6.92 Å². The van der Waals surface area contributed by atoms with E-state index in [1.165, 1.54) is 39.4 Å². The van der Waals surface area contributed by atoms with Crippen LogP contribution in [0, 0.1) is 0 Å². The zero-order chi connectivity index (χ0) is 22.4. The van der Waals surface area contributed by atoms with Crippen molar-refractivity contribution in [2.24, 2.45) is 0 Å². The van der Waals surface area contributed by atoms with E-state index >= 15 is 0 Å². The van der Waals surface area contributed by atoms with Gasteiger partial charge in [-0.15, -0.1) is 0 Å². The molecule has 0 N–H and O–H groups in total. The normalized spacial score (nSPS) is 15.9. The summed E-state index contributed by atoms with van der Waals surface area (Å²) in [6, 6.07) is 1.97. The minimum Gasteiger partial charge on any atom is -0.493 e. The highest BCUT2D eigenvalue weighted by atomic mass is 35.5. The SMILES string of the molecule is CCOC(=O)[C@@H](C)N1C(=O)S/C(=C/c2cc(Cl)c(OCC(=O)OC)c(OC)c2)C1=O. The van der Waals surface area contributed by atoms with Gasteiger partial charge < -0.3 is 18.9 Å². The van der Waals surface area contributed by atoms with Gasteiger partial charge in [0.15, 0.2) is 18.1 Å². The maximum absolute atomic E-state index is 12.7. The van der Waals surface area contributed by atoms with Crippen molar-refractivity contribution in [3.8, 4) is 11.5 Å². The molecule has 0 radical (unpaired) electrons. The zero-order valence-electron chi connectivity index (χ0n) is 16.7. The van der Waals surface area contributed by atoms with Gasteiger partial charge in [0.1, 0.15) is 6.04 Å². The summed E-state index contributed by atoms with van der Waals surface area (Å²) < 4.78 is 20.0. The molecular weight excluding hydrogens is 438 g/mol. The first-order valence-electron chi connectivity index (χ1n) is 8.74. The monoisotopic (exact) mass is 457 g/mol. The fourth-order valence-electron chi connectivity index (χ4n) is 2.49. The Labute approximate surface area is 182 Å². The summed E-state index contributed by atoms with van der Waals surface area (Å²) in [6.45, 7) is 2.83. The van der Waals surface area contributed by atoms with Crippen molar-refractivity contribution in [1.82, 2.24) is 4.90 Å². The summed E-state index contributed by atoms with van der Waals surface area (Å²) in [5, 5.41) is -0.452. The lowest BCUT2D eigenvalue weighted by molar-refractivity contribution is -0.150. The number of carbonyl (C=O) groups is 4. The summed E-state index contributed by atoms with van der Waals surface area (Å²) in [5.41, 5.74) is 0.455. The average Bonchev–Trinajstić information content (AvgIpc) is 2.98. The van der Waals surface area contributed by atoms with Gasteiger partial charge in [0, 0.05) is 0 Å². The third-order valence-electron chi connectivity index (χ3n) is 3.95. The van der Waals surface area contributed by atoms with E-state index in [-0.39, 0.29) is 34.6 Å². The Hall–Kier alpha value is -2.72. The number of thioether (sulfide) groups is 1. The Morgan fingerprint density at radius 1 is 1.27 bits per heavy atom. The summed E-state index contributed by atoms with van der Waals surface area (Å²) in [4.78, 5) is 49.1. The molecule has 0 spiro atoms. The number of nitrogens with zero attached hydrogens (tertiary/aromatic N) is 1. The van der Waals surface area contributed by atoms with Gasteiger partial charge in [-0.1, -0.05) is 11.6 Å². The number of imide groups is 1. The fourth-order valence-corrected chi connectivity index (χ4v) is 3.67. The third-order valence-corrected chi connectivity index (χ3v) is 5.11. The number of benzene rings is 1. The number of halogens is 1. The van der Waals surface area contributed by atoms with Crippen LogP contribution in [0.25, 0.3) is 6.08 Å². The van der Waals surface area contributed by atoms with E-state index in [9.17, 15) is 19.2 Å². The largest absolute Gasteiger partial charge is 0.493 e. The van der Waals surface area contributed by atoms with Crippen LogP contribution in [0.4, 0.5) is 4.79 Å². The predicted molar refractivity (Wildman–Crippen MR) is 109 cm³/mol. The summed E-state index contributed by atoms with van der Waals surface area (Å²) >= 11 is 6.92. The van der Waals surface area contributed by atoms with Crippen molar-refractivity contribution in [3.05, 3.63) is 27.6 Å². The molecule has 11 heteroatoms. The molecule has 0 saturated carbocycles. The molecular formula is C19H20ClNO8S. The van der Waals surface area contributed by atoms with E-state index < -0.39 is 29.1 Å². The maximum atomic E-state index is 12.7. The Kier molecular flexibility index (Phi) is 8.13. The van der Waals surface area contributed by atoms with E-state index in [0.29, 0.717) is 17.3 Å². The molecule has 0 aliphatic carbocycles. The number of esters is 2. The van der Waals surface area contributed by atoms with Crippen molar-refractivity contribution in [2.75, 3.05) is 27.4 Å². The smallest absolute Gasteiger partial charge is 0.343 e. The molecule has 1 heterocycles. The highest BCUT2D eigenvalue weighted by Crippen LogP contribution is 2.39. The van der Waals surface area contributed by atoms with Crippen molar-refractivity contribution < 1.29 is 38.1 Å². The molecule has 1 atom stereocenters. The Morgan fingerprint density at radius 3 is 2.57 bits per heavy atom. The third kappa shape index (κ3) is 5.25. The standard InChI is InChI=1S/C19H20ClNO8S/c1-5-28-18(24)10(2)21-17(23)14(30-19(21)25)8-11-6-12(20)16(13(7-11)26-3)29-9-15(22)27-4/h6-8,10H,5,9H2,1-4H3/b14-8+/t10-/m1/s1. The number of amides is 2. The molecule has 1 aliphatic heterocycles. The Morgan fingerprint density at radius 2 is 1.97 bits per heavy atom. The van der Waals surface area contributed by atoms with Crippen LogP contribution < -0.4 is 9.47 Å². The van der Waals surface area contributed by atoms with Crippen LogP contribution in [0.15, 0.2) is 17.0 Å². The van der Waals surface area contributed by atoms with Crippen LogP contribution in [0.5, 0.6) is 11.5 Å². The van der Waals surface area contributed by atoms with Crippen LogP contribution in [0.3, 0.4) is 0 Å². The van der Waals surface area contributed by atoms with Crippen LogP contribution in [-0.4, -0.2) is 61.5 Å². The van der Waals surface area contributed by atoms with Crippen molar-refractivity contribution in [2.45, 2.75) is 19.9 Å². The second-order valence-corrected chi connectivity index (χ2v) is 7.28. The average molecular weight is 458 g/mol. The molecule has 0 unspecified atom stereocenters. The maximum Gasteiger partial charge on any atom is 0.343 e. The van der Waals surface area contributed by atoms with Gasteiger partial charge in [-0.3, -0.25) is 14.5 Å². The molecule has 9 nitrogen and oxygen atoms in total. The highest BCUT2D eigenvalue weighted by Gasteiger charge is 2.41. The molecule has 2 rings (SSSR count). The second kappa shape index (κ2) is 10.4. The topological polar surface area (TPSA) is 108 Å². The zero-order valence-corrected chi connectivity index (χ0v) is 18.3. The second-order valence-electron chi connectivity index (χ2n) is 5.88. The summed E-state index contributed by atoms with van der Waals surface area (Å²) in [7, 11) is 2.61. The summed E-state index contributed by atoms with van der Waals surface area (Å²) in [5.74, 6) is -1.53. The molecule has 0 bridgehead atoms. The molecule has 1 aromatic rings. The highest BCUT2D eigenvalue weighted by molar-refractivity contribution is 8.18. The predicted octanol–water partition coefficient (Wildman–Crippen LogP) is 2.89. The van der Waals surface area contributed by atoms with Gasteiger partial charge in [0.05, 0.1) is 30.8 Å². The van der Waals surface area contributed by atoms with Gasteiger partial charge in [-0.25, -0.2) is 9.59 Å². The lowest BCUT2D eigenvalue weighted by Crippen LogP contribution is -2.42. The van der Waals surface area contributed by atoms with Gasteiger partial charge >= 0.3 is 11.9 Å². The van der Waals surface area contributed by atoms with Crippen molar-refractivity contribution >= 4 is 52.5 Å². The number of carbonyl (C=O) groups excluding carboxylic acids is 4. The van der Waals surface area contributed by atoms with Gasteiger partial charge in [0.25, 0.3) is 11.1 Å². The molecule has 2 amide bonds. The van der Waals surface area contributed by atoms with E-state index in [2.05, 4.69) is 4.74 Å². The van der Waals surface area contributed by atoms with E-state index in [0.717, 1.165) is 4.90 Å². The Bertz CT molecular complexity index is 901. The molecule has 1 saturated heterocycles.